The van der Waals surface area contributed by atoms with Crippen LogP contribution in [0.2, 0.25) is 0 Å². The molecular weight excluding hydrogens is 232 g/mol. The summed E-state index contributed by atoms with van der Waals surface area (Å²) < 4.78 is 0. The fourth-order valence-electron chi connectivity index (χ4n) is 4.37. The number of hydrogen-bond donors (Lipinski definition) is 1. The van der Waals surface area contributed by atoms with Crippen LogP contribution in [0, 0.1) is 11.3 Å². The molecule has 19 heavy (non-hydrogen) atoms. The van der Waals surface area contributed by atoms with Crippen molar-refractivity contribution in [2.75, 3.05) is 13.6 Å². The van der Waals surface area contributed by atoms with Crippen LogP contribution in [-0.4, -0.2) is 30.1 Å². The summed E-state index contributed by atoms with van der Waals surface area (Å²) in [6, 6.07) is 0.771. The molecule has 112 valence electrons. The molecule has 0 saturated heterocycles. The van der Waals surface area contributed by atoms with Crippen LogP contribution in [0.3, 0.4) is 0 Å². The maximum atomic E-state index is 6.20. The lowest BCUT2D eigenvalue weighted by Crippen LogP contribution is -2.55. The summed E-state index contributed by atoms with van der Waals surface area (Å²) in [5.74, 6) is 0.908. The van der Waals surface area contributed by atoms with Gasteiger partial charge >= 0.3 is 0 Å². The molecule has 2 nitrogen and oxygen atoms in total. The lowest BCUT2D eigenvalue weighted by Gasteiger charge is -2.47. The minimum Gasteiger partial charge on any atom is -0.329 e. The molecule has 2 heteroatoms. The smallest absolute Gasteiger partial charge is 0.0334 e. The second-order valence-electron chi connectivity index (χ2n) is 7.95. The molecule has 0 aromatic carbocycles. The topological polar surface area (TPSA) is 29.3 Å². The van der Waals surface area contributed by atoms with Crippen molar-refractivity contribution in [1.82, 2.24) is 4.90 Å². The van der Waals surface area contributed by atoms with Gasteiger partial charge in [0.05, 0.1) is 0 Å². The van der Waals surface area contributed by atoms with Crippen LogP contribution < -0.4 is 5.73 Å². The normalized spacial score (nSPS) is 36.0. The Morgan fingerprint density at radius 2 is 1.74 bits per heavy atom. The van der Waals surface area contributed by atoms with Gasteiger partial charge in [-0.1, -0.05) is 27.2 Å². The summed E-state index contributed by atoms with van der Waals surface area (Å²) in [6.07, 6.45) is 10.8. The molecule has 2 rings (SSSR count). The molecule has 2 unspecified atom stereocenters. The van der Waals surface area contributed by atoms with E-state index in [0.29, 0.717) is 11.0 Å². The first kappa shape index (κ1) is 15.3. The quantitative estimate of drug-likeness (QED) is 0.838. The molecule has 0 spiro atoms. The molecule has 0 aromatic rings. The predicted octanol–water partition coefficient (Wildman–Crippen LogP) is 3.79. The van der Waals surface area contributed by atoms with Gasteiger partial charge in [0.2, 0.25) is 0 Å². The van der Waals surface area contributed by atoms with Crippen LogP contribution in [0.5, 0.6) is 0 Å². The molecule has 0 radical (unpaired) electrons. The highest BCUT2D eigenvalue weighted by molar-refractivity contribution is 5.00. The van der Waals surface area contributed by atoms with Crippen LogP contribution in [-0.2, 0) is 0 Å². The Hall–Kier alpha value is -0.0800. The molecule has 2 N–H and O–H groups in total. The Morgan fingerprint density at radius 1 is 1.11 bits per heavy atom. The van der Waals surface area contributed by atoms with Crippen LogP contribution in [0.25, 0.3) is 0 Å². The Balaban J connectivity index is 2.00. The van der Waals surface area contributed by atoms with Gasteiger partial charge in [0.25, 0.3) is 0 Å². The van der Waals surface area contributed by atoms with E-state index < -0.39 is 0 Å². The Bertz CT molecular complexity index is 290. The van der Waals surface area contributed by atoms with Gasteiger partial charge in [0, 0.05) is 18.1 Å². The monoisotopic (exact) mass is 266 g/mol. The van der Waals surface area contributed by atoms with Gasteiger partial charge < -0.3 is 5.73 Å². The zero-order chi connectivity index (χ0) is 14.1. The van der Waals surface area contributed by atoms with Crippen molar-refractivity contribution in [1.29, 1.82) is 0 Å². The van der Waals surface area contributed by atoms with E-state index in [-0.39, 0.29) is 0 Å². The van der Waals surface area contributed by atoms with E-state index in [0.717, 1.165) is 18.5 Å². The molecular formula is C17H34N2. The minimum absolute atomic E-state index is 0.312. The van der Waals surface area contributed by atoms with Crippen LogP contribution >= 0.6 is 0 Å². The third kappa shape index (κ3) is 3.16. The van der Waals surface area contributed by atoms with E-state index in [2.05, 4.69) is 32.7 Å². The highest BCUT2D eigenvalue weighted by atomic mass is 15.2. The average molecular weight is 266 g/mol. The van der Waals surface area contributed by atoms with Crippen molar-refractivity contribution >= 4 is 0 Å². The molecule has 0 aliphatic heterocycles. The third-order valence-corrected chi connectivity index (χ3v) is 6.25. The molecule has 0 aromatic heterocycles. The number of nitrogens with two attached hydrogens (primary N) is 1. The number of likely N-dealkylation sites (N-methyl/N-ethyl adjacent to an activating group) is 1. The van der Waals surface area contributed by atoms with Crippen LogP contribution in [0.4, 0.5) is 0 Å². The molecule has 2 atom stereocenters. The van der Waals surface area contributed by atoms with E-state index in [1.54, 1.807) is 0 Å². The van der Waals surface area contributed by atoms with Crippen molar-refractivity contribution in [2.24, 2.45) is 17.1 Å². The van der Waals surface area contributed by atoms with Gasteiger partial charge in [-0.05, 0) is 63.3 Å². The molecule has 0 amide bonds. The first-order valence-corrected chi connectivity index (χ1v) is 8.35. The van der Waals surface area contributed by atoms with Gasteiger partial charge in [0.1, 0.15) is 0 Å². The Morgan fingerprint density at radius 3 is 2.21 bits per heavy atom. The first-order chi connectivity index (χ1) is 8.92. The average Bonchev–Trinajstić information content (AvgIpc) is 2.83. The molecule has 2 aliphatic carbocycles. The fourth-order valence-corrected chi connectivity index (χ4v) is 4.37. The van der Waals surface area contributed by atoms with Crippen LogP contribution in [0.15, 0.2) is 0 Å². The second kappa shape index (κ2) is 5.73. The van der Waals surface area contributed by atoms with Crippen molar-refractivity contribution in [3.8, 4) is 0 Å². The SMILES string of the molecule is CCC1CCC(CN)(N(C)C2CCC(C)(C)CC2)C1. The molecule has 0 bridgehead atoms. The van der Waals surface area contributed by atoms with E-state index in [1.807, 2.05) is 0 Å². The first-order valence-electron chi connectivity index (χ1n) is 8.35. The van der Waals surface area contributed by atoms with E-state index >= 15 is 0 Å². The van der Waals surface area contributed by atoms with Crippen molar-refractivity contribution < 1.29 is 0 Å². The Kier molecular flexibility index (Phi) is 4.62. The van der Waals surface area contributed by atoms with Crippen LogP contribution in [0.1, 0.15) is 72.1 Å². The standard InChI is InChI=1S/C17H34N2/c1-5-14-6-11-17(12-14,13-18)19(4)15-7-9-16(2,3)10-8-15/h14-15H,5-13,18H2,1-4H3. The highest BCUT2D eigenvalue weighted by Gasteiger charge is 2.43. The maximum Gasteiger partial charge on any atom is 0.0334 e. The summed E-state index contributed by atoms with van der Waals surface area (Å²) >= 11 is 0. The summed E-state index contributed by atoms with van der Waals surface area (Å²) in [7, 11) is 2.36. The largest absolute Gasteiger partial charge is 0.329 e. The zero-order valence-electron chi connectivity index (χ0n) is 13.5. The van der Waals surface area contributed by atoms with Gasteiger partial charge in [-0.25, -0.2) is 0 Å². The molecule has 2 aliphatic rings. The molecule has 2 saturated carbocycles. The zero-order valence-corrected chi connectivity index (χ0v) is 13.5. The lowest BCUT2D eigenvalue weighted by atomic mass is 9.74. The number of hydrogen-bond acceptors (Lipinski definition) is 2. The highest BCUT2D eigenvalue weighted by Crippen LogP contribution is 2.44. The van der Waals surface area contributed by atoms with Gasteiger partial charge in [-0.3, -0.25) is 4.90 Å². The Labute approximate surface area is 120 Å². The van der Waals surface area contributed by atoms with Crippen molar-refractivity contribution in [2.45, 2.75) is 83.7 Å². The summed E-state index contributed by atoms with van der Waals surface area (Å²) in [4.78, 5) is 2.69. The van der Waals surface area contributed by atoms with Gasteiger partial charge in [-0.2, -0.15) is 0 Å². The fraction of sp³-hybridized carbons (Fsp3) is 1.00. The second-order valence-corrected chi connectivity index (χ2v) is 7.95. The van der Waals surface area contributed by atoms with Crippen molar-refractivity contribution in [3.05, 3.63) is 0 Å². The van der Waals surface area contributed by atoms with E-state index in [4.69, 9.17) is 5.73 Å². The van der Waals surface area contributed by atoms with Crippen molar-refractivity contribution in [3.63, 3.8) is 0 Å². The van der Waals surface area contributed by atoms with E-state index in [1.165, 1.54) is 51.4 Å². The van der Waals surface area contributed by atoms with Gasteiger partial charge in [0.15, 0.2) is 0 Å². The minimum atomic E-state index is 0.312. The maximum absolute atomic E-state index is 6.20. The van der Waals surface area contributed by atoms with E-state index in [9.17, 15) is 0 Å². The van der Waals surface area contributed by atoms with Gasteiger partial charge in [-0.15, -0.1) is 0 Å². The predicted molar refractivity (Wildman–Crippen MR) is 83.2 cm³/mol. The lowest BCUT2D eigenvalue weighted by molar-refractivity contribution is 0.0372. The summed E-state index contributed by atoms with van der Waals surface area (Å²) in [6.45, 7) is 8.02. The number of rotatable bonds is 4. The third-order valence-electron chi connectivity index (χ3n) is 6.25. The summed E-state index contributed by atoms with van der Waals surface area (Å²) in [5, 5.41) is 0. The molecule has 2 fully saturated rings. The summed E-state index contributed by atoms with van der Waals surface area (Å²) in [5.41, 5.74) is 7.08. The molecule has 0 heterocycles. The number of nitrogens with zero attached hydrogens (tertiary/aromatic N) is 1.